The quantitative estimate of drug-likeness (QED) is 0.117. The third-order valence-electron chi connectivity index (χ3n) is 5.54. The Kier molecular flexibility index (Phi) is 13.1. The monoisotopic (exact) mass is 503 g/mol. The van der Waals surface area contributed by atoms with Gasteiger partial charge in [0.15, 0.2) is 6.61 Å². The smallest absolute Gasteiger partial charge is 0.416 e. The molecule has 0 amide bonds. The molecule has 0 heterocycles. The summed E-state index contributed by atoms with van der Waals surface area (Å²) in [5.41, 5.74) is 1.03. The molecular formula is C29H36F3NO3. The summed E-state index contributed by atoms with van der Waals surface area (Å²) in [6.07, 6.45) is 3.75. The molecule has 36 heavy (non-hydrogen) atoms. The van der Waals surface area contributed by atoms with Gasteiger partial charge in [-0.15, -0.1) is 0 Å². The molecule has 0 spiro atoms. The zero-order valence-electron chi connectivity index (χ0n) is 21.2. The fourth-order valence-corrected chi connectivity index (χ4v) is 3.67. The van der Waals surface area contributed by atoms with Crippen LogP contribution in [0.4, 0.5) is 13.2 Å². The molecule has 0 unspecified atom stereocenters. The van der Waals surface area contributed by atoms with Gasteiger partial charge in [0.2, 0.25) is 0 Å². The number of hydrogen-bond acceptors (Lipinski definition) is 4. The highest BCUT2D eigenvalue weighted by molar-refractivity contribution is 5.70. The van der Waals surface area contributed by atoms with Gasteiger partial charge in [-0.2, -0.15) is 18.2 Å². The van der Waals surface area contributed by atoms with E-state index in [4.69, 9.17) is 9.57 Å². The highest BCUT2D eigenvalue weighted by atomic mass is 19.4. The molecule has 0 fully saturated rings. The topological polar surface area (TPSA) is 38.8 Å². The predicted octanol–water partition coefficient (Wildman–Crippen LogP) is 7.30. The maximum atomic E-state index is 13.5. The van der Waals surface area contributed by atoms with Crippen molar-refractivity contribution < 1.29 is 27.5 Å². The standard InChI is InChI=1S/C29H36F3NO3/c1-3-5-6-7-8-9-10-11-14-24-17-19-25(20-18-24)21-33(36-23-28(34)35-4-2)22-26-15-12-13-16-27(26)29(30,31)32/h12-13,15-20H,3-10,21-23H2,1-2H3. The molecule has 0 aliphatic carbocycles. The SMILES string of the molecule is CCCCCCCCC#Cc1ccc(CN(Cc2ccccc2C(F)(F)F)OCC(=O)OCC)cc1. The van der Waals surface area contributed by atoms with Crippen LogP contribution in [0.1, 0.15) is 81.0 Å². The Hall–Kier alpha value is -2.82. The number of hydrogen-bond donors (Lipinski definition) is 0. The minimum atomic E-state index is -4.49. The molecule has 7 heteroatoms. The van der Waals surface area contributed by atoms with Crippen molar-refractivity contribution in [2.45, 2.75) is 78.1 Å². The van der Waals surface area contributed by atoms with Crippen molar-refractivity contribution in [1.29, 1.82) is 0 Å². The Bertz CT molecular complexity index is 978. The first kappa shape index (κ1) is 29.4. The van der Waals surface area contributed by atoms with Crippen LogP contribution < -0.4 is 0 Å². The van der Waals surface area contributed by atoms with Crippen LogP contribution in [0.2, 0.25) is 0 Å². The molecule has 4 nitrogen and oxygen atoms in total. The lowest BCUT2D eigenvalue weighted by Gasteiger charge is -2.23. The van der Waals surface area contributed by atoms with E-state index in [1.807, 2.05) is 24.3 Å². The Balaban J connectivity index is 2.01. The number of carbonyl (C=O) groups is 1. The second-order valence-electron chi connectivity index (χ2n) is 8.55. The fraction of sp³-hybridized carbons (Fsp3) is 0.483. The molecule has 0 atom stereocenters. The lowest BCUT2D eigenvalue weighted by atomic mass is 10.1. The summed E-state index contributed by atoms with van der Waals surface area (Å²) in [4.78, 5) is 17.3. The number of carbonyl (C=O) groups excluding carboxylic acids is 1. The third kappa shape index (κ3) is 11.3. The molecule has 0 bridgehead atoms. The molecule has 0 aromatic heterocycles. The van der Waals surface area contributed by atoms with Crippen LogP contribution in [0.5, 0.6) is 0 Å². The van der Waals surface area contributed by atoms with Crippen molar-refractivity contribution in [3.8, 4) is 11.8 Å². The van der Waals surface area contributed by atoms with Gasteiger partial charge < -0.3 is 4.74 Å². The van der Waals surface area contributed by atoms with Gasteiger partial charge in [0.05, 0.1) is 18.7 Å². The summed E-state index contributed by atoms with van der Waals surface area (Å²) in [5.74, 6) is 5.79. The number of esters is 1. The highest BCUT2D eigenvalue weighted by Gasteiger charge is 2.33. The zero-order chi connectivity index (χ0) is 26.2. The van der Waals surface area contributed by atoms with Gasteiger partial charge in [-0.25, -0.2) is 4.79 Å². The van der Waals surface area contributed by atoms with E-state index in [2.05, 4.69) is 18.8 Å². The molecule has 196 valence electrons. The summed E-state index contributed by atoms with van der Waals surface area (Å²) in [5, 5.41) is 1.35. The second kappa shape index (κ2) is 16.0. The van der Waals surface area contributed by atoms with Crippen LogP contribution in [0.25, 0.3) is 0 Å². The lowest BCUT2D eigenvalue weighted by molar-refractivity contribution is -0.194. The number of alkyl halides is 3. The van der Waals surface area contributed by atoms with Crippen molar-refractivity contribution in [3.05, 3.63) is 70.8 Å². The van der Waals surface area contributed by atoms with Gasteiger partial charge in [0.25, 0.3) is 0 Å². The van der Waals surface area contributed by atoms with Crippen LogP contribution in [0, 0.1) is 11.8 Å². The molecule has 0 N–H and O–H groups in total. The maximum Gasteiger partial charge on any atom is 0.416 e. The van der Waals surface area contributed by atoms with Crippen LogP contribution in [-0.2, 0) is 33.6 Å². The molecule has 0 saturated heterocycles. The number of benzene rings is 2. The Morgan fingerprint density at radius 2 is 1.61 bits per heavy atom. The van der Waals surface area contributed by atoms with Gasteiger partial charge in [0.1, 0.15) is 0 Å². The van der Waals surface area contributed by atoms with E-state index >= 15 is 0 Å². The van der Waals surface area contributed by atoms with E-state index < -0.39 is 17.7 Å². The van der Waals surface area contributed by atoms with Crippen molar-refractivity contribution in [2.24, 2.45) is 0 Å². The first-order valence-corrected chi connectivity index (χ1v) is 12.6. The molecule has 0 aliphatic heterocycles. The van der Waals surface area contributed by atoms with Crippen molar-refractivity contribution in [1.82, 2.24) is 5.06 Å². The number of ether oxygens (including phenoxy) is 1. The van der Waals surface area contributed by atoms with Crippen LogP contribution in [0.15, 0.2) is 48.5 Å². The minimum Gasteiger partial charge on any atom is -0.464 e. The Morgan fingerprint density at radius 1 is 0.917 bits per heavy atom. The molecule has 0 radical (unpaired) electrons. The summed E-state index contributed by atoms with van der Waals surface area (Å²) in [7, 11) is 0. The van der Waals surface area contributed by atoms with E-state index in [0.29, 0.717) is 0 Å². The summed E-state index contributed by atoms with van der Waals surface area (Å²) in [6.45, 7) is 3.74. The van der Waals surface area contributed by atoms with Crippen molar-refractivity contribution in [3.63, 3.8) is 0 Å². The summed E-state index contributed by atoms with van der Waals surface area (Å²) in [6, 6.07) is 12.8. The average molecular weight is 504 g/mol. The van der Waals surface area contributed by atoms with E-state index in [-0.39, 0.29) is 31.9 Å². The zero-order valence-corrected chi connectivity index (χ0v) is 21.2. The van der Waals surface area contributed by atoms with E-state index in [1.54, 1.807) is 13.0 Å². The number of halogens is 3. The van der Waals surface area contributed by atoms with Crippen LogP contribution in [-0.4, -0.2) is 24.2 Å². The van der Waals surface area contributed by atoms with Crippen LogP contribution in [0.3, 0.4) is 0 Å². The van der Waals surface area contributed by atoms with Gasteiger partial charge in [-0.3, -0.25) is 4.84 Å². The predicted molar refractivity (Wildman–Crippen MR) is 135 cm³/mol. The first-order valence-electron chi connectivity index (χ1n) is 12.6. The molecule has 2 aromatic rings. The maximum absolute atomic E-state index is 13.5. The van der Waals surface area contributed by atoms with E-state index in [1.165, 1.54) is 49.3 Å². The summed E-state index contributed by atoms with van der Waals surface area (Å²) >= 11 is 0. The number of hydroxylamine groups is 2. The average Bonchev–Trinajstić information content (AvgIpc) is 2.85. The van der Waals surface area contributed by atoms with E-state index in [9.17, 15) is 18.0 Å². The largest absolute Gasteiger partial charge is 0.464 e. The molecule has 0 saturated carbocycles. The van der Waals surface area contributed by atoms with Gasteiger partial charge in [0, 0.05) is 18.5 Å². The minimum absolute atomic E-state index is 0.0611. The molecular weight excluding hydrogens is 467 g/mol. The second-order valence-corrected chi connectivity index (χ2v) is 8.55. The lowest BCUT2D eigenvalue weighted by Crippen LogP contribution is -2.28. The van der Waals surface area contributed by atoms with Crippen molar-refractivity contribution >= 4 is 5.97 Å². The number of rotatable bonds is 14. The number of nitrogens with zero attached hydrogens (tertiary/aromatic N) is 1. The fourth-order valence-electron chi connectivity index (χ4n) is 3.67. The van der Waals surface area contributed by atoms with Crippen molar-refractivity contribution in [2.75, 3.05) is 13.2 Å². The normalized spacial score (nSPS) is 11.3. The van der Waals surface area contributed by atoms with Gasteiger partial charge in [-0.05, 0) is 42.7 Å². The highest BCUT2D eigenvalue weighted by Crippen LogP contribution is 2.32. The van der Waals surface area contributed by atoms with Crippen LogP contribution >= 0.6 is 0 Å². The Morgan fingerprint density at radius 3 is 2.31 bits per heavy atom. The third-order valence-corrected chi connectivity index (χ3v) is 5.54. The van der Waals surface area contributed by atoms with Gasteiger partial charge in [-0.1, -0.05) is 81.2 Å². The van der Waals surface area contributed by atoms with E-state index in [0.717, 1.165) is 30.0 Å². The molecule has 2 aromatic carbocycles. The first-order chi connectivity index (χ1) is 17.3. The molecule has 2 rings (SSSR count). The van der Waals surface area contributed by atoms with Gasteiger partial charge >= 0.3 is 12.1 Å². The molecule has 0 aliphatic rings. The number of unbranched alkanes of at least 4 members (excludes halogenated alkanes) is 6. The Labute approximate surface area is 212 Å². The summed E-state index contributed by atoms with van der Waals surface area (Å²) < 4.78 is 45.3.